The van der Waals surface area contributed by atoms with Crippen molar-refractivity contribution in [2.75, 3.05) is 11.9 Å². The van der Waals surface area contributed by atoms with Crippen LogP contribution < -0.4 is 10.1 Å². The molecule has 3 heterocycles. The van der Waals surface area contributed by atoms with Crippen molar-refractivity contribution in [1.82, 2.24) is 14.4 Å². The van der Waals surface area contributed by atoms with Crippen molar-refractivity contribution in [3.8, 4) is 11.8 Å². The van der Waals surface area contributed by atoms with Gasteiger partial charge in [0.2, 0.25) is 5.95 Å². The quantitative estimate of drug-likeness (QED) is 0.747. The number of benzene rings is 1. The molecule has 0 amide bonds. The molecular formula is C16H11BrFN5O. The molecule has 8 heteroatoms. The highest BCUT2D eigenvalue weighted by molar-refractivity contribution is 9.10. The maximum absolute atomic E-state index is 14.2. The van der Waals surface area contributed by atoms with Gasteiger partial charge in [0.1, 0.15) is 29.5 Å². The number of aromatic nitrogens is 3. The lowest BCUT2D eigenvalue weighted by Gasteiger charge is -2.12. The number of nitriles is 1. The van der Waals surface area contributed by atoms with Gasteiger partial charge in [-0.15, -0.1) is 0 Å². The smallest absolute Gasteiger partial charge is 0.209 e. The van der Waals surface area contributed by atoms with Crippen molar-refractivity contribution in [3.05, 3.63) is 51.8 Å². The molecule has 0 radical (unpaired) electrons. The van der Waals surface area contributed by atoms with Crippen LogP contribution in [0.3, 0.4) is 0 Å². The third-order valence-corrected chi connectivity index (χ3v) is 4.57. The Bertz CT molecular complexity index is 994. The molecule has 6 nitrogen and oxygen atoms in total. The summed E-state index contributed by atoms with van der Waals surface area (Å²) in [6.45, 7) is 0.835. The molecule has 1 N–H and O–H groups in total. The predicted molar refractivity (Wildman–Crippen MR) is 88.3 cm³/mol. The second-order valence-corrected chi connectivity index (χ2v) is 6.16. The van der Waals surface area contributed by atoms with Gasteiger partial charge >= 0.3 is 0 Å². The fourth-order valence-electron chi connectivity index (χ4n) is 2.86. The number of halogens is 2. The number of nitrogens with zero attached hydrogens (tertiary/aromatic N) is 4. The average Bonchev–Trinajstić information content (AvgIpc) is 3.22. The Morgan fingerprint density at radius 3 is 3.12 bits per heavy atom. The van der Waals surface area contributed by atoms with Gasteiger partial charge < -0.3 is 10.1 Å². The van der Waals surface area contributed by atoms with Crippen molar-refractivity contribution in [1.29, 1.82) is 5.26 Å². The first-order valence-corrected chi connectivity index (χ1v) is 8.07. The number of rotatable bonds is 3. The molecule has 0 atom stereocenters. The predicted octanol–water partition coefficient (Wildman–Crippen LogP) is 3.05. The number of nitrogens with one attached hydrogen (secondary N) is 1. The summed E-state index contributed by atoms with van der Waals surface area (Å²) in [4.78, 5) is 8.36. The lowest BCUT2D eigenvalue weighted by atomic mass is 10.0. The van der Waals surface area contributed by atoms with Crippen molar-refractivity contribution >= 4 is 27.4 Å². The van der Waals surface area contributed by atoms with Gasteiger partial charge in [0.15, 0.2) is 5.69 Å². The van der Waals surface area contributed by atoms with E-state index in [0.29, 0.717) is 40.2 Å². The fraction of sp³-hybridized carbons (Fsp3) is 0.188. The topological polar surface area (TPSA) is 75.2 Å². The fourth-order valence-corrected chi connectivity index (χ4v) is 3.35. The van der Waals surface area contributed by atoms with Crippen molar-refractivity contribution in [3.63, 3.8) is 0 Å². The van der Waals surface area contributed by atoms with E-state index in [4.69, 9.17) is 10.00 Å². The first kappa shape index (κ1) is 14.9. The third kappa shape index (κ3) is 2.29. The Balaban J connectivity index is 1.70. The molecule has 0 bridgehead atoms. The number of ether oxygens (including phenoxy) is 1. The summed E-state index contributed by atoms with van der Waals surface area (Å²) >= 11 is 3.37. The molecule has 0 saturated heterocycles. The van der Waals surface area contributed by atoms with E-state index in [-0.39, 0.29) is 12.4 Å². The van der Waals surface area contributed by atoms with Crippen LogP contribution in [0.25, 0.3) is 5.52 Å². The maximum Gasteiger partial charge on any atom is 0.209 e. The van der Waals surface area contributed by atoms with Crippen LogP contribution in [0.4, 0.5) is 10.3 Å². The average molecular weight is 388 g/mol. The zero-order valence-electron chi connectivity index (χ0n) is 12.4. The zero-order chi connectivity index (χ0) is 16.7. The van der Waals surface area contributed by atoms with Crippen LogP contribution in [-0.4, -0.2) is 21.0 Å². The Morgan fingerprint density at radius 2 is 2.29 bits per heavy atom. The molecule has 4 rings (SSSR count). The van der Waals surface area contributed by atoms with E-state index < -0.39 is 0 Å². The standard InChI is InChI=1S/C16H11BrFN5O/c17-11-7-21-16(23-8-22-13(5-19)15(11)23)20-6-10-9-3-4-24-14(9)2-1-12(10)18/h1-2,7-8H,3-4,6H2,(H,20,21). The Labute approximate surface area is 145 Å². The highest BCUT2D eigenvalue weighted by atomic mass is 79.9. The Morgan fingerprint density at radius 1 is 1.42 bits per heavy atom. The van der Waals surface area contributed by atoms with Gasteiger partial charge in [0.05, 0.1) is 11.1 Å². The minimum atomic E-state index is -0.275. The van der Waals surface area contributed by atoms with E-state index >= 15 is 0 Å². The third-order valence-electron chi connectivity index (χ3n) is 3.99. The molecule has 1 aliphatic rings. The zero-order valence-corrected chi connectivity index (χ0v) is 14.0. The summed E-state index contributed by atoms with van der Waals surface area (Å²) in [6, 6.07) is 5.11. The molecule has 1 aliphatic heterocycles. The molecule has 0 unspecified atom stereocenters. The van der Waals surface area contributed by atoms with Gasteiger partial charge in [-0.05, 0) is 28.1 Å². The second-order valence-electron chi connectivity index (χ2n) is 5.31. The van der Waals surface area contributed by atoms with E-state index in [1.807, 2.05) is 6.07 Å². The second kappa shape index (κ2) is 5.76. The van der Waals surface area contributed by atoms with E-state index in [9.17, 15) is 4.39 Å². The van der Waals surface area contributed by atoms with E-state index in [1.165, 1.54) is 12.4 Å². The number of fused-ring (bicyclic) bond motifs is 2. The summed E-state index contributed by atoms with van der Waals surface area (Å²) in [5, 5.41) is 12.3. The maximum atomic E-state index is 14.2. The minimum Gasteiger partial charge on any atom is -0.493 e. The van der Waals surface area contributed by atoms with Crippen LogP contribution in [0.5, 0.6) is 5.75 Å². The molecule has 3 aromatic rings. The van der Waals surface area contributed by atoms with Gasteiger partial charge in [-0.3, -0.25) is 4.40 Å². The summed E-state index contributed by atoms with van der Waals surface area (Å²) in [5.41, 5.74) is 2.38. The minimum absolute atomic E-state index is 0.266. The van der Waals surface area contributed by atoms with Gasteiger partial charge in [0, 0.05) is 30.3 Å². The first-order valence-electron chi connectivity index (χ1n) is 7.27. The highest BCUT2D eigenvalue weighted by Crippen LogP contribution is 2.31. The van der Waals surface area contributed by atoms with Crippen molar-refractivity contribution < 1.29 is 9.13 Å². The molecule has 2 aromatic heterocycles. The number of hydrogen-bond donors (Lipinski definition) is 1. The van der Waals surface area contributed by atoms with Crippen LogP contribution in [-0.2, 0) is 13.0 Å². The summed E-state index contributed by atoms with van der Waals surface area (Å²) in [5.74, 6) is 0.943. The normalized spacial score (nSPS) is 12.7. The Kier molecular flexibility index (Phi) is 3.58. The van der Waals surface area contributed by atoms with Gasteiger partial charge in [0.25, 0.3) is 0 Å². The number of imidazole rings is 1. The largest absolute Gasteiger partial charge is 0.493 e. The van der Waals surface area contributed by atoms with Crippen LogP contribution in [0, 0.1) is 17.1 Å². The van der Waals surface area contributed by atoms with Crippen LogP contribution in [0.2, 0.25) is 0 Å². The summed E-state index contributed by atoms with van der Waals surface area (Å²) in [7, 11) is 0. The molecule has 24 heavy (non-hydrogen) atoms. The molecule has 1 aromatic carbocycles. The number of hydrogen-bond acceptors (Lipinski definition) is 5. The van der Waals surface area contributed by atoms with E-state index in [1.54, 1.807) is 16.7 Å². The van der Waals surface area contributed by atoms with Gasteiger partial charge in [-0.1, -0.05) is 0 Å². The lowest BCUT2D eigenvalue weighted by molar-refractivity contribution is 0.356. The van der Waals surface area contributed by atoms with Gasteiger partial charge in [-0.2, -0.15) is 5.26 Å². The molecule has 0 aliphatic carbocycles. The SMILES string of the molecule is N#Cc1ncn2c(NCc3c(F)ccc4c3CCO4)ncc(Br)c12. The van der Waals surface area contributed by atoms with Crippen molar-refractivity contribution in [2.24, 2.45) is 0 Å². The molecule has 0 spiro atoms. The van der Waals surface area contributed by atoms with Gasteiger partial charge in [-0.25, -0.2) is 14.4 Å². The van der Waals surface area contributed by atoms with Crippen molar-refractivity contribution in [2.45, 2.75) is 13.0 Å². The number of anilines is 1. The summed E-state index contributed by atoms with van der Waals surface area (Å²) < 4.78 is 22.0. The van der Waals surface area contributed by atoms with Crippen LogP contribution in [0.15, 0.2) is 29.1 Å². The van der Waals surface area contributed by atoms with Crippen LogP contribution >= 0.6 is 15.9 Å². The molecule has 120 valence electrons. The molecule has 0 saturated carbocycles. The monoisotopic (exact) mass is 387 g/mol. The lowest BCUT2D eigenvalue weighted by Crippen LogP contribution is -2.09. The van der Waals surface area contributed by atoms with E-state index in [2.05, 4.69) is 31.2 Å². The Hall–Kier alpha value is -2.66. The molecular weight excluding hydrogens is 377 g/mol. The first-order chi connectivity index (χ1) is 11.7. The highest BCUT2D eigenvalue weighted by Gasteiger charge is 2.20. The molecule has 0 fully saturated rings. The van der Waals surface area contributed by atoms with E-state index in [0.717, 1.165) is 11.3 Å². The summed E-state index contributed by atoms with van der Waals surface area (Å²) in [6.07, 6.45) is 3.80. The van der Waals surface area contributed by atoms with Crippen LogP contribution in [0.1, 0.15) is 16.8 Å².